The van der Waals surface area contributed by atoms with Crippen LogP contribution >= 0.6 is 0 Å². The average molecular weight is 275 g/mol. The first kappa shape index (κ1) is 12.9. The highest BCUT2D eigenvalue weighted by atomic mass is 16.5. The molecule has 0 amide bonds. The lowest BCUT2D eigenvalue weighted by Gasteiger charge is -2.19. The van der Waals surface area contributed by atoms with Crippen LogP contribution in [0.3, 0.4) is 0 Å². The Labute approximate surface area is 116 Å². The fourth-order valence-electron chi connectivity index (χ4n) is 1.92. The third-order valence-corrected chi connectivity index (χ3v) is 3.08. The predicted octanol–water partition coefficient (Wildman–Crippen LogP) is 1.99. The molecule has 2 heterocycles. The van der Waals surface area contributed by atoms with Crippen molar-refractivity contribution in [3.8, 4) is 22.9 Å². The van der Waals surface area contributed by atoms with Gasteiger partial charge in [-0.15, -0.1) is 0 Å². The molecule has 0 aliphatic carbocycles. The number of nitrogens with zero attached hydrogens (tertiary/aromatic N) is 2. The van der Waals surface area contributed by atoms with Crippen LogP contribution in [0.4, 0.5) is 0 Å². The zero-order valence-corrected chi connectivity index (χ0v) is 11.5. The topological polar surface area (TPSA) is 83.4 Å². The van der Waals surface area contributed by atoms with Gasteiger partial charge in [0.05, 0.1) is 19.8 Å². The maximum absolute atomic E-state index is 5.82. The molecule has 1 aliphatic heterocycles. The second-order valence-electron chi connectivity index (χ2n) is 5.62. The molecule has 2 N–H and O–H groups in total. The Morgan fingerprint density at radius 1 is 1.20 bits per heavy atom. The second-order valence-corrected chi connectivity index (χ2v) is 5.62. The fourth-order valence-corrected chi connectivity index (χ4v) is 1.92. The summed E-state index contributed by atoms with van der Waals surface area (Å²) in [5, 5.41) is 3.90. The van der Waals surface area contributed by atoms with Gasteiger partial charge in [0.1, 0.15) is 0 Å². The summed E-state index contributed by atoms with van der Waals surface area (Å²) < 4.78 is 16.6. The van der Waals surface area contributed by atoms with Crippen molar-refractivity contribution in [2.45, 2.75) is 20.4 Å². The molecule has 1 aliphatic rings. The SMILES string of the molecule is CC1(C)COc2ccc(-c3noc(CN)n3)cc2OC1. The van der Waals surface area contributed by atoms with E-state index in [0.29, 0.717) is 30.7 Å². The molecular formula is C14H17N3O3. The number of hydrogen-bond acceptors (Lipinski definition) is 6. The van der Waals surface area contributed by atoms with Crippen LogP contribution in [0.15, 0.2) is 22.7 Å². The van der Waals surface area contributed by atoms with E-state index in [1.54, 1.807) is 0 Å². The quantitative estimate of drug-likeness (QED) is 0.902. The van der Waals surface area contributed by atoms with Crippen LogP contribution in [0.25, 0.3) is 11.4 Å². The van der Waals surface area contributed by atoms with Crippen molar-refractivity contribution in [3.63, 3.8) is 0 Å². The third kappa shape index (κ3) is 2.46. The zero-order chi connectivity index (χ0) is 14.2. The number of benzene rings is 1. The maximum atomic E-state index is 5.82. The monoisotopic (exact) mass is 275 g/mol. The predicted molar refractivity (Wildman–Crippen MR) is 72.4 cm³/mol. The van der Waals surface area contributed by atoms with E-state index in [2.05, 4.69) is 24.0 Å². The van der Waals surface area contributed by atoms with E-state index in [0.717, 1.165) is 11.3 Å². The molecule has 0 saturated carbocycles. The van der Waals surface area contributed by atoms with Gasteiger partial charge in [0.15, 0.2) is 11.5 Å². The molecule has 0 saturated heterocycles. The average Bonchev–Trinajstić information content (AvgIpc) is 2.86. The summed E-state index contributed by atoms with van der Waals surface area (Å²) >= 11 is 0. The van der Waals surface area contributed by atoms with Gasteiger partial charge >= 0.3 is 0 Å². The Bertz CT molecular complexity index is 622. The molecule has 3 rings (SSSR count). The number of aromatic nitrogens is 2. The van der Waals surface area contributed by atoms with Crippen LogP contribution < -0.4 is 15.2 Å². The molecular weight excluding hydrogens is 258 g/mol. The lowest BCUT2D eigenvalue weighted by Crippen LogP contribution is -2.26. The molecule has 106 valence electrons. The van der Waals surface area contributed by atoms with Gasteiger partial charge in [-0.25, -0.2) is 0 Å². The maximum Gasteiger partial charge on any atom is 0.240 e. The molecule has 0 spiro atoms. The standard InChI is InChI=1S/C14H17N3O3/c1-14(2)7-18-10-4-3-9(5-11(10)19-8-14)13-16-12(6-15)20-17-13/h3-5H,6-8,15H2,1-2H3. The van der Waals surface area contributed by atoms with E-state index in [-0.39, 0.29) is 12.0 Å². The van der Waals surface area contributed by atoms with Gasteiger partial charge in [0, 0.05) is 11.0 Å². The zero-order valence-electron chi connectivity index (χ0n) is 11.5. The van der Waals surface area contributed by atoms with Crippen molar-refractivity contribution < 1.29 is 14.0 Å². The fraction of sp³-hybridized carbons (Fsp3) is 0.429. The van der Waals surface area contributed by atoms with Crippen LogP contribution in [0.2, 0.25) is 0 Å². The highest BCUT2D eigenvalue weighted by molar-refractivity contribution is 5.60. The minimum atomic E-state index is -0.0158. The van der Waals surface area contributed by atoms with Crippen molar-refractivity contribution in [3.05, 3.63) is 24.1 Å². The molecule has 0 atom stereocenters. The van der Waals surface area contributed by atoms with Crippen molar-refractivity contribution >= 4 is 0 Å². The van der Waals surface area contributed by atoms with Crippen molar-refractivity contribution in [1.82, 2.24) is 10.1 Å². The molecule has 6 heteroatoms. The minimum absolute atomic E-state index is 0.0158. The lowest BCUT2D eigenvalue weighted by atomic mass is 9.97. The first-order valence-electron chi connectivity index (χ1n) is 6.50. The summed E-state index contributed by atoms with van der Waals surface area (Å²) in [6.07, 6.45) is 0. The molecule has 6 nitrogen and oxygen atoms in total. The molecule has 0 bridgehead atoms. The van der Waals surface area contributed by atoms with Crippen molar-refractivity contribution in [2.24, 2.45) is 11.1 Å². The van der Waals surface area contributed by atoms with Crippen LogP contribution in [-0.2, 0) is 6.54 Å². The van der Waals surface area contributed by atoms with Gasteiger partial charge in [0.2, 0.25) is 11.7 Å². The molecule has 0 fully saturated rings. The Morgan fingerprint density at radius 3 is 2.65 bits per heavy atom. The summed E-state index contributed by atoms with van der Waals surface area (Å²) in [4.78, 5) is 4.20. The summed E-state index contributed by atoms with van der Waals surface area (Å²) in [7, 11) is 0. The van der Waals surface area contributed by atoms with E-state index in [4.69, 9.17) is 19.7 Å². The third-order valence-electron chi connectivity index (χ3n) is 3.08. The van der Waals surface area contributed by atoms with Gasteiger partial charge in [-0.05, 0) is 18.2 Å². The molecule has 1 aromatic carbocycles. The largest absolute Gasteiger partial charge is 0.489 e. The lowest BCUT2D eigenvalue weighted by molar-refractivity contribution is 0.140. The Balaban J connectivity index is 1.92. The van der Waals surface area contributed by atoms with Gasteiger partial charge in [-0.3, -0.25) is 0 Å². The van der Waals surface area contributed by atoms with E-state index in [1.165, 1.54) is 0 Å². The first-order valence-corrected chi connectivity index (χ1v) is 6.50. The molecule has 1 aromatic heterocycles. The number of ether oxygens (including phenoxy) is 2. The number of nitrogens with two attached hydrogens (primary N) is 1. The highest BCUT2D eigenvalue weighted by Gasteiger charge is 2.25. The van der Waals surface area contributed by atoms with Crippen LogP contribution in [0.1, 0.15) is 19.7 Å². The van der Waals surface area contributed by atoms with Crippen LogP contribution in [0.5, 0.6) is 11.5 Å². The highest BCUT2D eigenvalue weighted by Crippen LogP contribution is 2.36. The van der Waals surface area contributed by atoms with Gasteiger partial charge in [-0.1, -0.05) is 19.0 Å². The Morgan fingerprint density at radius 2 is 1.95 bits per heavy atom. The molecule has 0 unspecified atom stereocenters. The minimum Gasteiger partial charge on any atom is -0.489 e. The Hall–Kier alpha value is -2.08. The molecule has 2 aromatic rings. The normalized spacial score (nSPS) is 16.8. The van der Waals surface area contributed by atoms with Gasteiger partial charge in [-0.2, -0.15) is 4.98 Å². The van der Waals surface area contributed by atoms with Crippen molar-refractivity contribution in [1.29, 1.82) is 0 Å². The van der Waals surface area contributed by atoms with E-state index >= 15 is 0 Å². The number of fused-ring (bicyclic) bond motifs is 1. The molecule has 20 heavy (non-hydrogen) atoms. The number of rotatable bonds is 2. The van der Waals surface area contributed by atoms with E-state index in [9.17, 15) is 0 Å². The summed E-state index contributed by atoms with van der Waals surface area (Å²) in [6.45, 7) is 5.66. The second kappa shape index (κ2) is 4.79. The summed E-state index contributed by atoms with van der Waals surface area (Å²) in [6, 6.07) is 5.61. The van der Waals surface area contributed by atoms with Gasteiger partial charge < -0.3 is 19.7 Å². The van der Waals surface area contributed by atoms with Crippen LogP contribution in [-0.4, -0.2) is 23.4 Å². The smallest absolute Gasteiger partial charge is 0.240 e. The number of hydrogen-bond donors (Lipinski definition) is 1. The van der Waals surface area contributed by atoms with Crippen molar-refractivity contribution in [2.75, 3.05) is 13.2 Å². The van der Waals surface area contributed by atoms with E-state index < -0.39 is 0 Å². The summed E-state index contributed by atoms with van der Waals surface area (Å²) in [5.41, 5.74) is 6.26. The van der Waals surface area contributed by atoms with E-state index in [1.807, 2.05) is 18.2 Å². The Kier molecular flexibility index (Phi) is 3.10. The first-order chi connectivity index (χ1) is 9.57. The summed E-state index contributed by atoms with van der Waals surface area (Å²) in [5.74, 6) is 2.35. The van der Waals surface area contributed by atoms with Gasteiger partial charge in [0.25, 0.3) is 0 Å². The molecule has 0 radical (unpaired) electrons. The van der Waals surface area contributed by atoms with Crippen LogP contribution in [0, 0.1) is 5.41 Å².